The number of thioether (sulfide) groups is 1. The van der Waals surface area contributed by atoms with E-state index in [1.807, 2.05) is 30.0 Å². The van der Waals surface area contributed by atoms with Crippen molar-refractivity contribution in [3.8, 4) is 0 Å². The van der Waals surface area contributed by atoms with Crippen molar-refractivity contribution in [3.63, 3.8) is 0 Å². The summed E-state index contributed by atoms with van der Waals surface area (Å²) in [5.74, 6) is 1.84. The summed E-state index contributed by atoms with van der Waals surface area (Å²) in [5.41, 5.74) is 0. The molecule has 0 unspecified atom stereocenters. The first-order valence-electron chi connectivity index (χ1n) is 8.69. The van der Waals surface area contributed by atoms with E-state index in [0.717, 1.165) is 31.1 Å². The molecule has 1 aliphatic rings. The predicted octanol–water partition coefficient (Wildman–Crippen LogP) is 2.39. The highest BCUT2D eigenvalue weighted by atomic mass is 32.2. The Kier molecular flexibility index (Phi) is 8.52. The normalized spacial score (nSPS) is 15.3. The molecule has 2 rings (SSSR count). The van der Waals surface area contributed by atoms with Crippen molar-refractivity contribution in [1.29, 1.82) is 0 Å². The lowest BCUT2D eigenvalue weighted by Crippen LogP contribution is -2.41. The van der Waals surface area contributed by atoms with Crippen molar-refractivity contribution < 1.29 is 4.79 Å². The minimum Gasteiger partial charge on any atom is -0.356 e. The van der Waals surface area contributed by atoms with Crippen molar-refractivity contribution >= 4 is 23.6 Å². The lowest BCUT2D eigenvalue weighted by molar-refractivity contribution is -0.121. The fourth-order valence-corrected chi connectivity index (χ4v) is 3.53. The molecule has 1 amide bonds. The fourth-order valence-electron chi connectivity index (χ4n) is 2.74. The first-order valence-corrected chi connectivity index (χ1v) is 9.68. The number of guanidine groups is 1. The van der Waals surface area contributed by atoms with Crippen LogP contribution in [-0.4, -0.2) is 43.8 Å². The van der Waals surface area contributed by atoms with Gasteiger partial charge in [0.1, 0.15) is 0 Å². The Morgan fingerprint density at radius 3 is 2.58 bits per heavy atom. The second kappa shape index (κ2) is 11.0. The fraction of sp³-hybridized carbons (Fsp3) is 0.556. The number of aliphatic imine (C=N–C) groups is 1. The molecule has 6 heteroatoms. The van der Waals surface area contributed by atoms with Crippen LogP contribution in [-0.2, 0) is 4.79 Å². The van der Waals surface area contributed by atoms with E-state index in [1.54, 1.807) is 7.05 Å². The molecule has 1 aromatic carbocycles. The number of hydrogen-bond donors (Lipinski definition) is 3. The van der Waals surface area contributed by atoms with E-state index in [1.165, 1.54) is 17.7 Å². The maximum absolute atomic E-state index is 11.9. The van der Waals surface area contributed by atoms with Crippen molar-refractivity contribution in [2.45, 2.75) is 43.0 Å². The minimum absolute atomic E-state index is 0.129. The highest BCUT2D eigenvalue weighted by Crippen LogP contribution is 2.17. The lowest BCUT2D eigenvalue weighted by Gasteiger charge is -2.14. The Hall–Kier alpha value is -1.69. The molecule has 1 aliphatic carbocycles. The second-order valence-electron chi connectivity index (χ2n) is 5.89. The van der Waals surface area contributed by atoms with Crippen LogP contribution in [0.3, 0.4) is 0 Å². The van der Waals surface area contributed by atoms with Crippen molar-refractivity contribution in [3.05, 3.63) is 30.3 Å². The van der Waals surface area contributed by atoms with Crippen LogP contribution < -0.4 is 16.0 Å². The van der Waals surface area contributed by atoms with Crippen molar-refractivity contribution in [1.82, 2.24) is 16.0 Å². The van der Waals surface area contributed by atoms with Gasteiger partial charge in [-0.05, 0) is 25.0 Å². The average molecular weight is 349 g/mol. The summed E-state index contributed by atoms with van der Waals surface area (Å²) >= 11 is 1.81. The van der Waals surface area contributed by atoms with Gasteiger partial charge in [-0.2, -0.15) is 0 Å². The van der Waals surface area contributed by atoms with E-state index in [4.69, 9.17) is 0 Å². The number of rotatable bonds is 8. The Bertz CT molecular complexity index is 515. The van der Waals surface area contributed by atoms with E-state index in [9.17, 15) is 4.79 Å². The number of carbonyl (C=O) groups excluding carboxylic acids is 1. The Morgan fingerprint density at radius 2 is 1.88 bits per heavy atom. The number of benzene rings is 1. The molecule has 0 saturated heterocycles. The number of hydrogen-bond acceptors (Lipinski definition) is 3. The van der Waals surface area contributed by atoms with Crippen LogP contribution in [0.5, 0.6) is 0 Å². The molecule has 0 bridgehead atoms. The van der Waals surface area contributed by atoms with Crippen molar-refractivity contribution in [2.75, 3.05) is 25.9 Å². The third-order valence-electron chi connectivity index (χ3n) is 3.99. The average Bonchev–Trinajstić information content (AvgIpc) is 3.11. The number of nitrogens with zero attached hydrogens (tertiary/aromatic N) is 1. The van der Waals surface area contributed by atoms with Gasteiger partial charge in [-0.1, -0.05) is 31.0 Å². The zero-order valence-corrected chi connectivity index (χ0v) is 15.2. The standard InChI is InChI=1S/C18H28N4OS/c1-19-18(21-13-14-24-16-9-3-2-4-10-16)20-12-11-17(23)22-15-7-5-6-8-15/h2-4,9-10,15H,5-8,11-14H2,1H3,(H,22,23)(H2,19,20,21). The second-order valence-corrected chi connectivity index (χ2v) is 7.05. The van der Waals surface area contributed by atoms with Crippen LogP contribution in [0.25, 0.3) is 0 Å². The number of amides is 1. The summed E-state index contributed by atoms with van der Waals surface area (Å²) in [6.45, 7) is 1.43. The smallest absolute Gasteiger partial charge is 0.221 e. The van der Waals surface area contributed by atoms with Gasteiger partial charge in [0, 0.05) is 43.2 Å². The van der Waals surface area contributed by atoms with E-state index >= 15 is 0 Å². The van der Waals surface area contributed by atoms with E-state index in [0.29, 0.717) is 19.0 Å². The summed E-state index contributed by atoms with van der Waals surface area (Å²) in [6, 6.07) is 10.7. The molecule has 24 heavy (non-hydrogen) atoms. The quantitative estimate of drug-likeness (QED) is 0.292. The SMILES string of the molecule is CN=C(NCCSc1ccccc1)NCCC(=O)NC1CCCC1. The molecule has 0 spiro atoms. The number of carbonyl (C=O) groups is 1. The molecule has 1 saturated carbocycles. The van der Waals surface area contributed by atoms with Gasteiger partial charge < -0.3 is 16.0 Å². The molecule has 0 aliphatic heterocycles. The van der Waals surface area contributed by atoms with Gasteiger partial charge in [0.05, 0.1) is 0 Å². The maximum Gasteiger partial charge on any atom is 0.221 e. The monoisotopic (exact) mass is 348 g/mol. The largest absolute Gasteiger partial charge is 0.356 e. The molecular formula is C18H28N4OS. The summed E-state index contributed by atoms with van der Waals surface area (Å²) in [6.07, 6.45) is 5.21. The van der Waals surface area contributed by atoms with Crippen LogP contribution in [0.1, 0.15) is 32.1 Å². The molecule has 0 aromatic heterocycles. The summed E-state index contributed by atoms with van der Waals surface area (Å²) in [7, 11) is 1.75. The van der Waals surface area contributed by atoms with Gasteiger partial charge in [0.25, 0.3) is 0 Å². The Balaban J connectivity index is 1.54. The van der Waals surface area contributed by atoms with E-state index in [-0.39, 0.29) is 5.91 Å². The molecule has 132 valence electrons. The van der Waals surface area contributed by atoms with Crippen LogP contribution >= 0.6 is 11.8 Å². The third-order valence-corrected chi connectivity index (χ3v) is 5.01. The van der Waals surface area contributed by atoms with E-state index in [2.05, 4.69) is 33.1 Å². The topological polar surface area (TPSA) is 65.5 Å². The molecule has 3 N–H and O–H groups in total. The molecule has 0 heterocycles. The molecule has 1 aromatic rings. The van der Waals surface area contributed by atoms with Crippen LogP contribution in [0.2, 0.25) is 0 Å². The number of nitrogens with one attached hydrogen (secondary N) is 3. The molecule has 1 fully saturated rings. The summed E-state index contributed by atoms with van der Waals surface area (Å²) < 4.78 is 0. The first kappa shape index (κ1) is 18.6. The van der Waals surface area contributed by atoms with E-state index < -0.39 is 0 Å². The first-order chi connectivity index (χ1) is 11.8. The summed E-state index contributed by atoms with van der Waals surface area (Å²) in [4.78, 5) is 17.3. The van der Waals surface area contributed by atoms with Gasteiger partial charge in [-0.15, -0.1) is 11.8 Å². The van der Waals surface area contributed by atoms with Gasteiger partial charge in [-0.3, -0.25) is 9.79 Å². The van der Waals surface area contributed by atoms with Crippen LogP contribution in [0.15, 0.2) is 40.2 Å². The van der Waals surface area contributed by atoms with Crippen LogP contribution in [0, 0.1) is 0 Å². The van der Waals surface area contributed by atoms with Crippen molar-refractivity contribution in [2.24, 2.45) is 4.99 Å². The zero-order valence-electron chi connectivity index (χ0n) is 14.4. The lowest BCUT2D eigenvalue weighted by atomic mass is 10.2. The highest BCUT2D eigenvalue weighted by molar-refractivity contribution is 7.99. The Morgan fingerprint density at radius 1 is 1.17 bits per heavy atom. The zero-order chi connectivity index (χ0) is 17.0. The predicted molar refractivity (Wildman–Crippen MR) is 102 cm³/mol. The van der Waals surface area contributed by atoms with Gasteiger partial charge in [0.2, 0.25) is 5.91 Å². The minimum atomic E-state index is 0.129. The van der Waals surface area contributed by atoms with Gasteiger partial charge in [0.15, 0.2) is 5.96 Å². The molecular weight excluding hydrogens is 320 g/mol. The highest BCUT2D eigenvalue weighted by Gasteiger charge is 2.16. The van der Waals surface area contributed by atoms with Gasteiger partial charge >= 0.3 is 0 Å². The molecule has 0 atom stereocenters. The summed E-state index contributed by atoms with van der Waals surface area (Å²) in [5, 5.41) is 9.56. The third kappa shape index (κ3) is 7.25. The van der Waals surface area contributed by atoms with Crippen LogP contribution in [0.4, 0.5) is 0 Å². The van der Waals surface area contributed by atoms with Gasteiger partial charge in [-0.25, -0.2) is 0 Å². The maximum atomic E-state index is 11.9. The Labute approximate surface area is 149 Å². The molecule has 5 nitrogen and oxygen atoms in total. The molecule has 0 radical (unpaired) electrons.